The number of carbonyl (C=O) groups is 2. The summed E-state index contributed by atoms with van der Waals surface area (Å²) in [6.07, 6.45) is 2.15. The van der Waals surface area contributed by atoms with Gasteiger partial charge in [-0.3, -0.25) is 14.5 Å². The van der Waals surface area contributed by atoms with Gasteiger partial charge in [0.15, 0.2) is 0 Å². The predicted molar refractivity (Wildman–Crippen MR) is 122 cm³/mol. The molecular weight excluding hydrogens is 413 g/mol. The van der Waals surface area contributed by atoms with Crippen LogP contribution in [0.1, 0.15) is 31.4 Å². The maximum atomic E-state index is 13.3. The van der Waals surface area contributed by atoms with E-state index in [9.17, 15) is 14.0 Å². The fraction of sp³-hybridized carbons (Fsp3) is 0.417. The molecular formula is C24H30FN3O2S. The van der Waals surface area contributed by atoms with Gasteiger partial charge in [0.2, 0.25) is 11.8 Å². The second-order valence-corrected chi connectivity index (χ2v) is 8.95. The minimum atomic E-state index is -0.537. The van der Waals surface area contributed by atoms with Crippen molar-refractivity contribution in [1.29, 1.82) is 0 Å². The molecule has 0 aromatic heterocycles. The first kappa shape index (κ1) is 23.3. The zero-order valence-corrected chi connectivity index (χ0v) is 19.1. The van der Waals surface area contributed by atoms with Crippen LogP contribution in [0.3, 0.4) is 0 Å². The van der Waals surface area contributed by atoms with Crippen LogP contribution in [-0.4, -0.2) is 53.0 Å². The third-order valence-electron chi connectivity index (χ3n) is 5.54. The van der Waals surface area contributed by atoms with E-state index in [-0.39, 0.29) is 30.1 Å². The molecule has 1 aliphatic rings. The maximum Gasteiger partial charge on any atom is 0.237 e. The lowest BCUT2D eigenvalue weighted by Crippen LogP contribution is -2.56. The molecule has 0 bridgehead atoms. The molecule has 2 aromatic carbocycles. The van der Waals surface area contributed by atoms with Crippen molar-refractivity contribution in [2.24, 2.45) is 0 Å². The molecule has 5 nitrogen and oxygen atoms in total. The molecule has 0 spiro atoms. The number of amides is 2. The van der Waals surface area contributed by atoms with Crippen LogP contribution in [0.5, 0.6) is 0 Å². The van der Waals surface area contributed by atoms with Crippen molar-refractivity contribution in [3.63, 3.8) is 0 Å². The van der Waals surface area contributed by atoms with Gasteiger partial charge in [-0.2, -0.15) is 0 Å². The topological polar surface area (TPSA) is 52.7 Å². The maximum absolute atomic E-state index is 13.3. The first-order chi connectivity index (χ1) is 14.9. The summed E-state index contributed by atoms with van der Waals surface area (Å²) in [5, 5.41) is 2.88. The number of hydrogen-bond acceptors (Lipinski definition) is 4. The van der Waals surface area contributed by atoms with Gasteiger partial charge in [-0.1, -0.05) is 24.3 Å². The lowest BCUT2D eigenvalue weighted by Gasteiger charge is -2.36. The lowest BCUT2D eigenvalue weighted by atomic mass is 10.0. The summed E-state index contributed by atoms with van der Waals surface area (Å²) in [6, 6.07) is 13.9. The lowest BCUT2D eigenvalue weighted by molar-refractivity contribution is -0.140. The Morgan fingerprint density at radius 1 is 1.23 bits per heavy atom. The van der Waals surface area contributed by atoms with Gasteiger partial charge in [0.1, 0.15) is 5.82 Å². The van der Waals surface area contributed by atoms with E-state index < -0.39 is 6.04 Å². The Hall–Kier alpha value is -2.38. The number of nitrogens with zero attached hydrogens (tertiary/aromatic N) is 2. The molecule has 1 saturated heterocycles. The number of nitrogens with one attached hydrogen (secondary N) is 1. The average Bonchev–Trinajstić information content (AvgIpc) is 2.75. The number of rotatable bonds is 8. The van der Waals surface area contributed by atoms with Crippen LogP contribution in [0.4, 0.5) is 4.39 Å². The van der Waals surface area contributed by atoms with E-state index in [1.165, 1.54) is 12.1 Å². The molecule has 1 unspecified atom stereocenters. The van der Waals surface area contributed by atoms with Gasteiger partial charge in [-0.05, 0) is 55.5 Å². The second kappa shape index (κ2) is 10.8. The molecule has 1 aliphatic heterocycles. The highest BCUT2D eigenvalue weighted by Gasteiger charge is 2.33. The normalized spacial score (nSPS) is 16.9. The molecule has 31 heavy (non-hydrogen) atoms. The number of piperazine rings is 1. The number of thioether (sulfide) groups is 1. The summed E-state index contributed by atoms with van der Waals surface area (Å²) in [6.45, 7) is 6.19. The van der Waals surface area contributed by atoms with Gasteiger partial charge in [0.25, 0.3) is 0 Å². The number of carbonyl (C=O) groups excluding carboxylic acids is 2. The first-order valence-corrected chi connectivity index (χ1v) is 11.8. The zero-order chi connectivity index (χ0) is 22.4. The highest BCUT2D eigenvalue weighted by Crippen LogP contribution is 2.20. The summed E-state index contributed by atoms with van der Waals surface area (Å²) >= 11 is 1.67. The summed E-state index contributed by atoms with van der Waals surface area (Å²) in [4.78, 5) is 30.9. The standard InChI is InChI=1S/C24H30FN3O2S/c1-17(2)28(16-19-5-4-6-21(13-19)31-3)23(29)14-22-24(30)26-11-12-27(22)15-18-7-9-20(25)10-8-18/h4-10,13,17,22H,11-12,14-16H2,1-3H3,(H,26,30). The average molecular weight is 444 g/mol. The van der Waals surface area contributed by atoms with E-state index in [0.717, 1.165) is 16.0 Å². The zero-order valence-electron chi connectivity index (χ0n) is 18.3. The second-order valence-electron chi connectivity index (χ2n) is 8.07. The summed E-state index contributed by atoms with van der Waals surface area (Å²) in [5.74, 6) is -0.463. The van der Waals surface area contributed by atoms with Crippen molar-refractivity contribution in [3.05, 3.63) is 65.5 Å². The Kier molecular flexibility index (Phi) is 8.09. The predicted octanol–water partition coefficient (Wildman–Crippen LogP) is 3.68. The Labute approximate surface area is 188 Å². The van der Waals surface area contributed by atoms with Crippen LogP contribution in [-0.2, 0) is 22.7 Å². The molecule has 0 radical (unpaired) electrons. The molecule has 1 heterocycles. The van der Waals surface area contributed by atoms with E-state index in [4.69, 9.17) is 0 Å². The van der Waals surface area contributed by atoms with Crippen molar-refractivity contribution in [2.75, 3.05) is 19.3 Å². The largest absolute Gasteiger partial charge is 0.353 e. The Bertz CT molecular complexity index is 904. The van der Waals surface area contributed by atoms with E-state index in [0.29, 0.717) is 26.2 Å². The van der Waals surface area contributed by atoms with Crippen LogP contribution >= 0.6 is 11.8 Å². The summed E-state index contributed by atoms with van der Waals surface area (Å²) < 4.78 is 13.2. The molecule has 0 aliphatic carbocycles. The van der Waals surface area contributed by atoms with Gasteiger partial charge in [0, 0.05) is 37.1 Å². The highest BCUT2D eigenvalue weighted by atomic mass is 32.2. The highest BCUT2D eigenvalue weighted by molar-refractivity contribution is 7.98. The fourth-order valence-electron chi connectivity index (χ4n) is 3.81. The van der Waals surface area contributed by atoms with Crippen molar-refractivity contribution < 1.29 is 14.0 Å². The number of halogens is 1. The Balaban J connectivity index is 1.72. The van der Waals surface area contributed by atoms with Crippen molar-refractivity contribution in [1.82, 2.24) is 15.1 Å². The molecule has 1 fully saturated rings. The van der Waals surface area contributed by atoms with Gasteiger partial charge in [0.05, 0.1) is 12.5 Å². The number of benzene rings is 2. The number of hydrogen-bond donors (Lipinski definition) is 1. The third kappa shape index (κ3) is 6.31. The molecule has 0 saturated carbocycles. The molecule has 7 heteroatoms. The molecule has 2 amide bonds. The van der Waals surface area contributed by atoms with Gasteiger partial charge >= 0.3 is 0 Å². The molecule has 1 atom stereocenters. The Morgan fingerprint density at radius 3 is 2.65 bits per heavy atom. The third-order valence-corrected chi connectivity index (χ3v) is 6.26. The monoisotopic (exact) mass is 443 g/mol. The SMILES string of the molecule is CSc1cccc(CN(C(=O)CC2C(=O)NCCN2Cc2ccc(F)cc2)C(C)C)c1. The molecule has 1 N–H and O–H groups in total. The minimum absolute atomic E-state index is 0.0163. The summed E-state index contributed by atoms with van der Waals surface area (Å²) in [7, 11) is 0. The molecule has 3 rings (SSSR count). The minimum Gasteiger partial charge on any atom is -0.353 e. The first-order valence-electron chi connectivity index (χ1n) is 10.6. The Morgan fingerprint density at radius 2 is 1.97 bits per heavy atom. The van der Waals surface area contributed by atoms with Gasteiger partial charge in [-0.25, -0.2) is 4.39 Å². The van der Waals surface area contributed by atoms with Crippen LogP contribution in [0.2, 0.25) is 0 Å². The quantitative estimate of drug-likeness (QED) is 0.633. The van der Waals surface area contributed by atoms with Crippen molar-refractivity contribution in [2.45, 2.75) is 50.3 Å². The van der Waals surface area contributed by atoms with Crippen LogP contribution in [0.15, 0.2) is 53.4 Å². The van der Waals surface area contributed by atoms with Crippen LogP contribution < -0.4 is 5.32 Å². The fourth-order valence-corrected chi connectivity index (χ4v) is 4.29. The van der Waals surface area contributed by atoms with Gasteiger partial charge < -0.3 is 10.2 Å². The van der Waals surface area contributed by atoms with E-state index in [2.05, 4.69) is 17.4 Å². The summed E-state index contributed by atoms with van der Waals surface area (Å²) in [5.41, 5.74) is 1.99. The van der Waals surface area contributed by atoms with E-state index in [1.807, 2.05) is 42.0 Å². The molecule has 2 aromatic rings. The van der Waals surface area contributed by atoms with Crippen molar-refractivity contribution >= 4 is 23.6 Å². The van der Waals surface area contributed by atoms with E-state index >= 15 is 0 Å². The van der Waals surface area contributed by atoms with Crippen molar-refractivity contribution in [3.8, 4) is 0 Å². The van der Waals surface area contributed by atoms with Gasteiger partial charge in [-0.15, -0.1) is 11.8 Å². The smallest absolute Gasteiger partial charge is 0.237 e. The molecule has 166 valence electrons. The van der Waals surface area contributed by atoms with Crippen LogP contribution in [0, 0.1) is 5.82 Å². The van der Waals surface area contributed by atoms with Crippen LogP contribution in [0.25, 0.3) is 0 Å². The van der Waals surface area contributed by atoms with E-state index in [1.54, 1.807) is 23.9 Å².